The van der Waals surface area contributed by atoms with E-state index in [4.69, 9.17) is 22.1 Å². The fourth-order valence-corrected chi connectivity index (χ4v) is 3.64. The molecule has 1 unspecified atom stereocenters. The van der Waals surface area contributed by atoms with Gasteiger partial charge in [-0.15, -0.1) is 23.7 Å². The van der Waals surface area contributed by atoms with Crippen molar-refractivity contribution in [3.63, 3.8) is 0 Å². The van der Waals surface area contributed by atoms with Crippen LogP contribution in [-0.2, 0) is 13.2 Å². The summed E-state index contributed by atoms with van der Waals surface area (Å²) in [7, 11) is 0. The van der Waals surface area contributed by atoms with Crippen LogP contribution in [-0.4, -0.2) is 29.5 Å². The molecule has 1 fully saturated rings. The molecule has 0 amide bonds. The zero-order chi connectivity index (χ0) is 16.3. The van der Waals surface area contributed by atoms with Gasteiger partial charge in [-0.3, -0.25) is 4.90 Å². The van der Waals surface area contributed by atoms with Crippen LogP contribution >= 0.6 is 35.3 Å². The van der Waals surface area contributed by atoms with E-state index in [1.165, 1.54) is 6.42 Å². The maximum absolute atomic E-state index is 5.87. The molecule has 2 N–H and O–H groups in total. The smallest absolute Gasteiger partial charge is 0.140 e. The first kappa shape index (κ1) is 19.5. The first-order chi connectivity index (χ1) is 11.1. The van der Waals surface area contributed by atoms with Crippen molar-refractivity contribution in [3.05, 3.63) is 45.4 Å². The molecule has 2 aromatic rings. The standard InChI is InChI=1S/C17H22ClN3OS.ClH/c1-17(11-19)6-7-21(12-17)8-14-10-23-16(20-14)9-22-15-4-2-13(18)3-5-15;/h2-5,10H,6-9,11-12,19H2,1H3;1H. The zero-order valence-electron chi connectivity index (χ0n) is 13.7. The molecule has 1 aliphatic heterocycles. The SMILES string of the molecule is CC1(CN)CCN(Cc2csc(COc3ccc(Cl)cc3)n2)C1.Cl. The Morgan fingerprint density at radius 3 is 2.79 bits per heavy atom. The molecule has 1 aromatic heterocycles. The molecule has 0 radical (unpaired) electrons. The van der Waals surface area contributed by atoms with Gasteiger partial charge in [0.05, 0.1) is 5.69 Å². The van der Waals surface area contributed by atoms with Crippen LogP contribution in [0.5, 0.6) is 5.75 Å². The molecule has 0 spiro atoms. The van der Waals surface area contributed by atoms with Gasteiger partial charge in [-0.25, -0.2) is 4.98 Å². The van der Waals surface area contributed by atoms with Crippen molar-refractivity contribution in [2.24, 2.45) is 11.1 Å². The van der Waals surface area contributed by atoms with E-state index in [0.717, 1.165) is 42.6 Å². The largest absolute Gasteiger partial charge is 0.486 e. The Morgan fingerprint density at radius 1 is 1.38 bits per heavy atom. The molecule has 1 atom stereocenters. The monoisotopic (exact) mass is 387 g/mol. The van der Waals surface area contributed by atoms with E-state index in [1.54, 1.807) is 11.3 Å². The molecule has 4 nitrogen and oxygen atoms in total. The lowest BCUT2D eigenvalue weighted by molar-refractivity contribution is 0.271. The summed E-state index contributed by atoms with van der Waals surface area (Å²) >= 11 is 7.51. The lowest BCUT2D eigenvalue weighted by atomic mass is 9.90. The number of ether oxygens (including phenoxy) is 1. The molecular weight excluding hydrogens is 365 g/mol. The van der Waals surface area contributed by atoms with E-state index in [1.807, 2.05) is 24.3 Å². The molecule has 1 aromatic carbocycles. The number of thiazole rings is 1. The highest BCUT2D eigenvalue weighted by molar-refractivity contribution is 7.09. The van der Waals surface area contributed by atoms with Gasteiger partial charge < -0.3 is 10.5 Å². The van der Waals surface area contributed by atoms with Crippen molar-refractivity contribution >= 4 is 35.3 Å². The fourth-order valence-electron chi connectivity index (χ4n) is 2.82. The number of aromatic nitrogens is 1. The second-order valence-corrected chi connectivity index (χ2v) is 7.83. The molecular formula is C17H23Cl2N3OS. The number of benzene rings is 1. The average Bonchev–Trinajstić information content (AvgIpc) is 3.15. The fraction of sp³-hybridized carbons (Fsp3) is 0.471. The summed E-state index contributed by atoms with van der Waals surface area (Å²) in [5.41, 5.74) is 7.24. The van der Waals surface area contributed by atoms with Crippen LogP contribution in [0.1, 0.15) is 24.0 Å². The van der Waals surface area contributed by atoms with Crippen LogP contribution in [0.25, 0.3) is 0 Å². The topological polar surface area (TPSA) is 51.4 Å². The Kier molecular flexibility index (Phi) is 6.89. The van der Waals surface area contributed by atoms with E-state index >= 15 is 0 Å². The Hall–Kier alpha value is -0.850. The normalized spacial score (nSPS) is 20.8. The van der Waals surface area contributed by atoms with Crippen molar-refractivity contribution in [1.29, 1.82) is 0 Å². The first-order valence-corrected chi connectivity index (χ1v) is 9.06. The summed E-state index contributed by atoms with van der Waals surface area (Å²) in [6.07, 6.45) is 1.17. The highest BCUT2D eigenvalue weighted by Crippen LogP contribution is 2.29. The van der Waals surface area contributed by atoms with Crippen LogP contribution in [0.2, 0.25) is 5.02 Å². The first-order valence-electron chi connectivity index (χ1n) is 7.80. The minimum atomic E-state index is 0. The van der Waals surface area contributed by atoms with Crippen molar-refractivity contribution in [2.75, 3.05) is 19.6 Å². The predicted octanol–water partition coefficient (Wildman–Crippen LogP) is 3.97. The predicted molar refractivity (Wildman–Crippen MR) is 102 cm³/mol. The van der Waals surface area contributed by atoms with E-state index in [9.17, 15) is 0 Å². The van der Waals surface area contributed by atoms with Crippen molar-refractivity contribution in [1.82, 2.24) is 9.88 Å². The summed E-state index contributed by atoms with van der Waals surface area (Å²) in [6.45, 7) is 6.56. The van der Waals surface area contributed by atoms with E-state index < -0.39 is 0 Å². The van der Waals surface area contributed by atoms with Crippen LogP contribution in [0.15, 0.2) is 29.6 Å². The van der Waals surface area contributed by atoms with Gasteiger partial charge >= 0.3 is 0 Å². The van der Waals surface area contributed by atoms with Crippen LogP contribution in [0.4, 0.5) is 0 Å². The summed E-state index contributed by atoms with van der Waals surface area (Å²) in [6, 6.07) is 7.39. The van der Waals surface area contributed by atoms with Crippen LogP contribution < -0.4 is 10.5 Å². The zero-order valence-corrected chi connectivity index (χ0v) is 16.1. The minimum Gasteiger partial charge on any atom is -0.486 e. The Balaban J connectivity index is 0.00000208. The summed E-state index contributed by atoms with van der Waals surface area (Å²) in [5.74, 6) is 0.810. The highest BCUT2D eigenvalue weighted by Gasteiger charge is 2.32. The number of rotatable bonds is 6. The van der Waals surface area contributed by atoms with Gasteiger partial charge in [-0.05, 0) is 49.2 Å². The van der Waals surface area contributed by atoms with Crippen molar-refractivity contribution < 1.29 is 4.74 Å². The molecule has 24 heavy (non-hydrogen) atoms. The molecule has 7 heteroatoms. The third kappa shape index (κ3) is 5.07. The summed E-state index contributed by atoms with van der Waals surface area (Å²) < 4.78 is 5.74. The maximum atomic E-state index is 5.87. The van der Waals surface area contributed by atoms with Gasteiger partial charge in [0.2, 0.25) is 0 Å². The van der Waals surface area contributed by atoms with Gasteiger partial charge in [0, 0.05) is 23.5 Å². The Bertz CT molecular complexity index is 650. The lowest BCUT2D eigenvalue weighted by Crippen LogP contribution is -2.31. The van der Waals surface area contributed by atoms with Gasteiger partial charge in [0.25, 0.3) is 0 Å². The maximum Gasteiger partial charge on any atom is 0.140 e. The third-order valence-electron chi connectivity index (χ3n) is 4.29. The van der Waals surface area contributed by atoms with E-state index in [-0.39, 0.29) is 17.8 Å². The molecule has 0 aliphatic carbocycles. The van der Waals surface area contributed by atoms with Crippen LogP contribution in [0, 0.1) is 5.41 Å². The summed E-state index contributed by atoms with van der Waals surface area (Å²) in [5, 5.41) is 3.83. The minimum absolute atomic E-state index is 0. The molecule has 0 saturated carbocycles. The Labute approximate surface area is 158 Å². The van der Waals surface area contributed by atoms with E-state index in [2.05, 4.69) is 22.2 Å². The number of nitrogens with zero attached hydrogens (tertiary/aromatic N) is 2. The lowest BCUT2D eigenvalue weighted by Gasteiger charge is -2.22. The number of hydrogen-bond acceptors (Lipinski definition) is 5. The number of hydrogen-bond donors (Lipinski definition) is 1. The second-order valence-electron chi connectivity index (χ2n) is 6.45. The number of nitrogens with two attached hydrogens (primary N) is 1. The molecule has 0 bridgehead atoms. The van der Waals surface area contributed by atoms with Crippen molar-refractivity contribution in [3.8, 4) is 5.75 Å². The van der Waals surface area contributed by atoms with E-state index in [0.29, 0.717) is 11.6 Å². The average molecular weight is 388 g/mol. The van der Waals surface area contributed by atoms with Gasteiger partial charge in [0.15, 0.2) is 0 Å². The van der Waals surface area contributed by atoms with Gasteiger partial charge in [-0.1, -0.05) is 18.5 Å². The van der Waals surface area contributed by atoms with Crippen LogP contribution in [0.3, 0.4) is 0 Å². The molecule has 2 heterocycles. The number of likely N-dealkylation sites (tertiary alicyclic amines) is 1. The molecule has 132 valence electrons. The third-order valence-corrected chi connectivity index (χ3v) is 5.41. The Morgan fingerprint density at radius 2 is 2.12 bits per heavy atom. The quantitative estimate of drug-likeness (QED) is 0.814. The number of halogens is 2. The highest BCUT2D eigenvalue weighted by atomic mass is 35.5. The second kappa shape index (κ2) is 8.50. The van der Waals surface area contributed by atoms with Crippen molar-refractivity contribution in [2.45, 2.75) is 26.5 Å². The van der Waals surface area contributed by atoms with Gasteiger partial charge in [-0.2, -0.15) is 0 Å². The summed E-state index contributed by atoms with van der Waals surface area (Å²) in [4.78, 5) is 7.11. The molecule has 3 rings (SSSR count). The molecule has 1 saturated heterocycles. The molecule has 1 aliphatic rings. The van der Waals surface area contributed by atoms with Gasteiger partial charge in [0.1, 0.15) is 17.4 Å².